The molecule has 0 atom stereocenters. The first-order chi connectivity index (χ1) is 6.29. The zero-order valence-electron chi connectivity index (χ0n) is 7.45. The molecule has 1 nitrogen and oxygen atoms in total. The van der Waals surface area contributed by atoms with Crippen molar-refractivity contribution >= 4 is 22.7 Å². The van der Waals surface area contributed by atoms with E-state index in [9.17, 15) is 0 Å². The van der Waals surface area contributed by atoms with Gasteiger partial charge in [-0.2, -0.15) is 0 Å². The summed E-state index contributed by atoms with van der Waals surface area (Å²) in [5.41, 5.74) is 1.84. The Balaban J connectivity index is 2.66. The summed E-state index contributed by atoms with van der Waals surface area (Å²) in [6, 6.07) is 10.3. The third kappa shape index (κ3) is 1.68. The molecular formula is C11H10NS. The van der Waals surface area contributed by atoms with E-state index >= 15 is 0 Å². The van der Waals surface area contributed by atoms with Crippen LogP contribution in [0.1, 0.15) is 5.69 Å². The zero-order valence-corrected chi connectivity index (χ0v) is 8.27. The van der Waals surface area contributed by atoms with E-state index in [0.717, 1.165) is 11.2 Å². The molecule has 0 fully saturated rings. The van der Waals surface area contributed by atoms with E-state index in [0.29, 0.717) is 0 Å². The topological polar surface area (TPSA) is 12.9 Å². The molecule has 13 heavy (non-hydrogen) atoms. The number of hydrogen-bond donors (Lipinski definition) is 0. The first-order valence-corrected chi connectivity index (χ1v) is 5.29. The van der Waals surface area contributed by atoms with Crippen molar-refractivity contribution in [2.45, 2.75) is 4.90 Å². The molecular weight excluding hydrogens is 178 g/mol. The summed E-state index contributed by atoms with van der Waals surface area (Å²) in [4.78, 5) is 5.60. The number of hydrogen-bond acceptors (Lipinski definition) is 2. The van der Waals surface area contributed by atoms with E-state index in [1.54, 1.807) is 11.8 Å². The van der Waals surface area contributed by atoms with Gasteiger partial charge < -0.3 is 0 Å². The molecule has 1 aromatic heterocycles. The second-order valence-corrected chi connectivity index (χ2v) is 3.74. The molecule has 0 amide bonds. The van der Waals surface area contributed by atoms with Crippen molar-refractivity contribution in [1.29, 1.82) is 0 Å². The third-order valence-corrected chi connectivity index (χ3v) is 2.68. The van der Waals surface area contributed by atoms with Gasteiger partial charge in [0.05, 0.1) is 5.52 Å². The first-order valence-electron chi connectivity index (χ1n) is 4.06. The van der Waals surface area contributed by atoms with Crippen molar-refractivity contribution in [1.82, 2.24) is 4.98 Å². The Morgan fingerprint density at radius 2 is 2.08 bits per heavy atom. The number of fused-ring (bicyclic) bond motifs is 1. The monoisotopic (exact) mass is 188 g/mol. The largest absolute Gasteiger partial charge is 0.253 e. The van der Waals surface area contributed by atoms with Crippen LogP contribution in [-0.2, 0) is 0 Å². The second-order valence-electron chi connectivity index (χ2n) is 2.86. The fourth-order valence-corrected chi connectivity index (χ4v) is 1.72. The van der Waals surface area contributed by atoms with Gasteiger partial charge in [-0.1, -0.05) is 6.07 Å². The molecule has 0 N–H and O–H groups in total. The van der Waals surface area contributed by atoms with Crippen LogP contribution in [0.4, 0.5) is 0 Å². The predicted molar refractivity (Wildman–Crippen MR) is 58.0 cm³/mol. The Hall–Kier alpha value is -1.02. The normalized spacial score (nSPS) is 10.6. The van der Waals surface area contributed by atoms with Crippen molar-refractivity contribution in [3.63, 3.8) is 0 Å². The van der Waals surface area contributed by atoms with E-state index in [2.05, 4.69) is 36.4 Å². The Kier molecular flexibility index (Phi) is 2.23. The van der Waals surface area contributed by atoms with Gasteiger partial charge in [0, 0.05) is 16.0 Å². The molecule has 65 valence electrons. The zero-order chi connectivity index (χ0) is 9.26. The lowest BCUT2D eigenvalue weighted by Gasteiger charge is -2.00. The molecule has 1 heterocycles. The van der Waals surface area contributed by atoms with Gasteiger partial charge in [0.2, 0.25) is 0 Å². The van der Waals surface area contributed by atoms with Crippen LogP contribution >= 0.6 is 11.8 Å². The van der Waals surface area contributed by atoms with Crippen molar-refractivity contribution in [3.8, 4) is 0 Å². The quantitative estimate of drug-likeness (QED) is 0.638. The van der Waals surface area contributed by atoms with Gasteiger partial charge in [-0.15, -0.1) is 11.8 Å². The van der Waals surface area contributed by atoms with Crippen LogP contribution in [0.3, 0.4) is 0 Å². The van der Waals surface area contributed by atoms with Gasteiger partial charge in [-0.3, -0.25) is 4.98 Å². The minimum Gasteiger partial charge on any atom is -0.253 e. The van der Waals surface area contributed by atoms with E-state index in [4.69, 9.17) is 0 Å². The van der Waals surface area contributed by atoms with Gasteiger partial charge in [0.1, 0.15) is 0 Å². The Morgan fingerprint density at radius 1 is 1.23 bits per heavy atom. The number of pyridine rings is 1. The number of nitrogens with zero attached hydrogens (tertiary/aromatic N) is 1. The minimum absolute atomic E-state index is 0.824. The molecule has 0 saturated carbocycles. The lowest BCUT2D eigenvalue weighted by molar-refractivity contribution is 1.33. The van der Waals surface area contributed by atoms with Crippen LogP contribution in [0.2, 0.25) is 0 Å². The lowest BCUT2D eigenvalue weighted by atomic mass is 10.2. The van der Waals surface area contributed by atoms with Crippen LogP contribution in [0.15, 0.2) is 35.2 Å². The summed E-state index contributed by atoms with van der Waals surface area (Å²) in [5.74, 6) is 0. The highest BCUT2D eigenvalue weighted by Crippen LogP contribution is 2.20. The summed E-state index contributed by atoms with van der Waals surface area (Å²) in [5, 5.41) is 1.18. The molecule has 0 aliphatic carbocycles. The van der Waals surface area contributed by atoms with E-state index < -0.39 is 0 Å². The van der Waals surface area contributed by atoms with Crippen LogP contribution in [0.25, 0.3) is 10.9 Å². The lowest BCUT2D eigenvalue weighted by Crippen LogP contribution is -1.82. The summed E-state index contributed by atoms with van der Waals surface area (Å²) in [6.45, 7) is 3.80. The van der Waals surface area contributed by atoms with Gasteiger partial charge in [-0.05, 0) is 37.4 Å². The molecule has 1 aromatic carbocycles. The Labute approximate surface area is 82.2 Å². The van der Waals surface area contributed by atoms with Crippen LogP contribution < -0.4 is 0 Å². The van der Waals surface area contributed by atoms with Crippen molar-refractivity contribution in [2.24, 2.45) is 0 Å². The SMILES string of the molecule is [CH2]c1ccc2cc(SC)ccc2n1. The second kappa shape index (κ2) is 3.38. The summed E-state index contributed by atoms with van der Waals surface area (Å²) < 4.78 is 0. The number of benzene rings is 1. The molecule has 1 radical (unpaired) electrons. The minimum atomic E-state index is 0.824. The number of aromatic nitrogens is 1. The van der Waals surface area contributed by atoms with Crippen molar-refractivity contribution < 1.29 is 0 Å². The van der Waals surface area contributed by atoms with Crippen LogP contribution in [-0.4, -0.2) is 11.2 Å². The third-order valence-electron chi connectivity index (χ3n) is 1.95. The fourth-order valence-electron chi connectivity index (χ4n) is 1.27. The molecule has 0 saturated heterocycles. The average Bonchev–Trinajstić information content (AvgIpc) is 2.17. The average molecular weight is 188 g/mol. The van der Waals surface area contributed by atoms with Crippen molar-refractivity contribution in [3.05, 3.63) is 42.9 Å². The predicted octanol–water partition coefficient (Wildman–Crippen LogP) is 3.14. The standard InChI is InChI=1S/C11H10NS/c1-8-3-4-9-7-10(13-2)5-6-11(9)12-8/h3-7H,1H2,2H3. The molecule has 0 aliphatic heterocycles. The fraction of sp³-hybridized carbons (Fsp3) is 0.0909. The van der Waals surface area contributed by atoms with E-state index in [1.807, 2.05) is 12.1 Å². The highest BCUT2D eigenvalue weighted by molar-refractivity contribution is 7.98. The summed E-state index contributed by atoms with van der Waals surface area (Å²) in [6.07, 6.45) is 2.07. The molecule has 0 aliphatic rings. The van der Waals surface area contributed by atoms with Crippen LogP contribution in [0, 0.1) is 6.92 Å². The maximum absolute atomic E-state index is 4.33. The summed E-state index contributed by atoms with van der Waals surface area (Å²) >= 11 is 1.74. The number of rotatable bonds is 1. The Bertz CT molecular complexity index is 437. The molecule has 0 bridgehead atoms. The highest BCUT2D eigenvalue weighted by Gasteiger charge is 1.96. The first kappa shape index (κ1) is 8.57. The molecule has 0 unspecified atom stereocenters. The molecule has 2 aromatic rings. The smallest absolute Gasteiger partial charge is 0.0706 e. The maximum atomic E-state index is 4.33. The van der Waals surface area contributed by atoms with Gasteiger partial charge >= 0.3 is 0 Å². The maximum Gasteiger partial charge on any atom is 0.0706 e. The molecule has 2 rings (SSSR count). The highest BCUT2D eigenvalue weighted by atomic mass is 32.2. The van der Waals surface area contributed by atoms with Gasteiger partial charge in [-0.25, -0.2) is 0 Å². The number of thioether (sulfide) groups is 1. The van der Waals surface area contributed by atoms with Gasteiger partial charge in [0.25, 0.3) is 0 Å². The van der Waals surface area contributed by atoms with Crippen LogP contribution in [0.5, 0.6) is 0 Å². The Morgan fingerprint density at radius 3 is 2.85 bits per heavy atom. The summed E-state index contributed by atoms with van der Waals surface area (Å²) in [7, 11) is 0. The van der Waals surface area contributed by atoms with E-state index in [-0.39, 0.29) is 0 Å². The van der Waals surface area contributed by atoms with Crippen molar-refractivity contribution in [2.75, 3.05) is 6.26 Å². The molecule has 0 spiro atoms. The molecule has 2 heteroatoms. The van der Waals surface area contributed by atoms with E-state index in [1.165, 1.54) is 10.3 Å². The van der Waals surface area contributed by atoms with Gasteiger partial charge in [0.15, 0.2) is 0 Å².